The molecule has 38 heavy (non-hydrogen) atoms. The first-order valence-electron chi connectivity index (χ1n) is 12.1. The average molecular weight is 524 g/mol. The number of methoxy groups -OCH3 is 1. The van der Waals surface area contributed by atoms with Crippen LogP contribution in [0.1, 0.15) is 23.2 Å². The number of ether oxygens (including phenoxy) is 3. The fourth-order valence-corrected chi connectivity index (χ4v) is 4.09. The van der Waals surface area contributed by atoms with Gasteiger partial charge in [0, 0.05) is 49.0 Å². The SMILES string of the molecule is COc1cc(-c2cnc3cc(OCCN(C)c4ccncc4)ccn23)cc(OC(F)F)c1C(=O)NC1CC1. The molecule has 0 bridgehead atoms. The molecule has 0 radical (unpaired) electrons. The first kappa shape index (κ1) is 25.2. The zero-order valence-corrected chi connectivity index (χ0v) is 20.9. The Kier molecular flexibility index (Phi) is 7.25. The molecule has 1 aromatic carbocycles. The molecule has 1 aliphatic rings. The zero-order valence-electron chi connectivity index (χ0n) is 20.9. The Balaban J connectivity index is 1.37. The summed E-state index contributed by atoms with van der Waals surface area (Å²) in [5, 5.41) is 2.80. The summed E-state index contributed by atoms with van der Waals surface area (Å²) in [5.41, 5.74) is 2.69. The summed E-state index contributed by atoms with van der Waals surface area (Å²) in [6.07, 6.45) is 8.59. The minimum atomic E-state index is -3.11. The second kappa shape index (κ2) is 10.9. The molecule has 1 amide bonds. The highest BCUT2D eigenvalue weighted by Gasteiger charge is 2.29. The Morgan fingerprint density at radius 3 is 2.66 bits per heavy atom. The second-order valence-electron chi connectivity index (χ2n) is 8.89. The maximum Gasteiger partial charge on any atom is 0.387 e. The monoisotopic (exact) mass is 523 g/mol. The first-order chi connectivity index (χ1) is 18.4. The Hall–Kier alpha value is -4.41. The molecule has 0 atom stereocenters. The van der Waals surface area contributed by atoms with Crippen molar-refractivity contribution in [1.29, 1.82) is 0 Å². The summed E-state index contributed by atoms with van der Waals surface area (Å²) in [6.45, 7) is -1.98. The van der Waals surface area contributed by atoms with E-state index in [0.29, 0.717) is 35.8 Å². The number of nitrogens with one attached hydrogen (secondary N) is 1. The number of alkyl halides is 2. The predicted molar refractivity (Wildman–Crippen MR) is 137 cm³/mol. The van der Waals surface area contributed by atoms with Gasteiger partial charge < -0.3 is 24.4 Å². The number of carbonyl (C=O) groups excluding carboxylic acids is 1. The first-order valence-corrected chi connectivity index (χ1v) is 12.1. The molecule has 3 heterocycles. The van der Waals surface area contributed by atoms with Crippen LogP contribution in [0.2, 0.25) is 0 Å². The van der Waals surface area contributed by atoms with Crippen molar-refractivity contribution in [3.05, 3.63) is 66.7 Å². The van der Waals surface area contributed by atoms with Crippen LogP contribution in [0.25, 0.3) is 16.9 Å². The average Bonchev–Trinajstić information content (AvgIpc) is 3.63. The van der Waals surface area contributed by atoms with E-state index in [2.05, 4.69) is 20.2 Å². The smallest absolute Gasteiger partial charge is 0.387 e. The van der Waals surface area contributed by atoms with Gasteiger partial charge in [0.25, 0.3) is 5.91 Å². The number of rotatable bonds is 11. The number of pyridine rings is 2. The maximum absolute atomic E-state index is 13.3. The molecule has 9 nitrogen and oxygen atoms in total. The molecule has 11 heteroatoms. The lowest BCUT2D eigenvalue weighted by atomic mass is 10.1. The third-order valence-electron chi connectivity index (χ3n) is 6.22. The Morgan fingerprint density at radius 2 is 1.95 bits per heavy atom. The third-order valence-corrected chi connectivity index (χ3v) is 6.22. The number of fused-ring (bicyclic) bond motifs is 1. The quantitative estimate of drug-likeness (QED) is 0.311. The van der Waals surface area contributed by atoms with Gasteiger partial charge in [-0.25, -0.2) is 4.98 Å². The second-order valence-corrected chi connectivity index (χ2v) is 8.89. The third kappa shape index (κ3) is 5.61. The highest BCUT2D eigenvalue weighted by molar-refractivity contribution is 6.01. The number of anilines is 1. The number of likely N-dealkylation sites (N-methyl/N-ethyl adjacent to an activating group) is 1. The Bertz CT molecular complexity index is 1430. The van der Waals surface area contributed by atoms with Gasteiger partial charge >= 0.3 is 6.61 Å². The molecule has 3 aromatic heterocycles. The zero-order chi connectivity index (χ0) is 26.6. The van der Waals surface area contributed by atoms with Gasteiger partial charge in [0.2, 0.25) is 0 Å². The van der Waals surface area contributed by atoms with Crippen molar-refractivity contribution in [2.75, 3.05) is 32.2 Å². The van der Waals surface area contributed by atoms with Crippen molar-refractivity contribution in [2.24, 2.45) is 0 Å². The van der Waals surface area contributed by atoms with Gasteiger partial charge in [-0.2, -0.15) is 8.78 Å². The summed E-state index contributed by atoms with van der Waals surface area (Å²) in [6, 6.07) is 10.5. The minimum Gasteiger partial charge on any atom is -0.496 e. The van der Waals surface area contributed by atoms with E-state index in [9.17, 15) is 13.6 Å². The van der Waals surface area contributed by atoms with Crippen LogP contribution in [0, 0.1) is 0 Å². The van der Waals surface area contributed by atoms with E-state index >= 15 is 0 Å². The Labute approximate surface area is 218 Å². The van der Waals surface area contributed by atoms with Crippen LogP contribution in [0.15, 0.2) is 61.2 Å². The van der Waals surface area contributed by atoms with E-state index < -0.39 is 12.5 Å². The molecule has 1 N–H and O–H groups in total. The number of halogens is 2. The predicted octanol–water partition coefficient (Wildman–Crippen LogP) is 4.41. The standard InChI is InChI=1S/C27H27F2N5O4/c1-33(19-5-8-30-9-6-19)11-12-37-20-7-10-34-21(16-31-24(34)15-20)17-13-22(36-2)25(23(14-17)38-27(28)29)26(35)32-18-3-4-18/h5-10,13-16,18,27H,3-4,11-12H2,1-2H3,(H,32,35). The van der Waals surface area contributed by atoms with Gasteiger partial charge in [-0.3, -0.25) is 14.2 Å². The maximum atomic E-state index is 13.3. The van der Waals surface area contributed by atoms with Crippen molar-refractivity contribution in [2.45, 2.75) is 25.5 Å². The molecule has 4 aromatic rings. The van der Waals surface area contributed by atoms with Crippen LogP contribution < -0.4 is 24.4 Å². The van der Waals surface area contributed by atoms with Crippen molar-refractivity contribution in [1.82, 2.24) is 19.7 Å². The van der Waals surface area contributed by atoms with Crippen molar-refractivity contribution in [3.8, 4) is 28.5 Å². The van der Waals surface area contributed by atoms with E-state index in [1.54, 1.807) is 47.4 Å². The minimum absolute atomic E-state index is 0.0394. The fraction of sp³-hybridized carbons (Fsp3) is 0.296. The number of benzene rings is 1. The lowest BCUT2D eigenvalue weighted by Gasteiger charge is -2.19. The summed E-state index contributed by atoms with van der Waals surface area (Å²) in [5.74, 6) is -0.00419. The van der Waals surface area contributed by atoms with Gasteiger partial charge in [-0.1, -0.05) is 0 Å². The summed E-state index contributed by atoms with van der Waals surface area (Å²) >= 11 is 0. The molecule has 0 saturated heterocycles. The molecule has 5 rings (SSSR count). The molecule has 1 fully saturated rings. The number of amides is 1. The summed E-state index contributed by atoms with van der Waals surface area (Å²) in [4.78, 5) is 23.3. The van der Waals surface area contributed by atoms with Crippen LogP contribution in [-0.4, -0.2) is 60.2 Å². The van der Waals surface area contributed by atoms with Crippen LogP contribution in [0.4, 0.5) is 14.5 Å². The highest BCUT2D eigenvalue weighted by Crippen LogP contribution is 2.37. The van der Waals surface area contributed by atoms with Gasteiger partial charge in [-0.15, -0.1) is 0 Å². The molecular weight excluding hydrogens is 496 g/mol. The van der Waals surface area contributed by atoms with E-state index in [4.69, 9.17) is 14.2 Å². The summed E-state index contributed by atoms with van der Waals surface area (Å²) < 4.78 is 44.4. The van der Waals surface area contributed by atoms with Gasteiger partial charge in [-0.05, 0) is 43.2 Å². The van der Waals surface area contributed by atoms with Gasteiger partial charge in [0.15, 0.2) is 0 Å². The van der Waals surface area contributed by atoms with Crippen molar-refractivity contribution >= 4 is 17.2 Å². The van der Waals surface area contributed by atoms with E-state index in [-0.39, 0.29) is 23.1 Å². The molecule has 1 aliphatic carbocycles. The number of hydrogen-bond acceptors (Lipinski definition) is 7. The molecule has 0 spiro atoms. The molecule has 198 valence electrons. The van der Waals surface area contributed by atoms with Crippen LogP contribution in [0.3, 0.4) is 0 Å². The van der Waals surface area contributed by atoms with Crippen LogP contribution in [0.5, 0.6) is 17.2 Å². The topological polar surface area (TPSA) is 90.2 Å². The number of aromatic nitrogens is 3. The molecule has 0 aliphatic heterocycles. The lowest BCUT2D eigenvalue weighted by molar-refractivity contribution is -0.0502. The van der Waals surface area contributed by atoms with Crippen LogP contribution in [-0.2, 0) is 0 Å². The summed E-state index contributed by atoms with van der Waals surface area (Å²) in [7, 11) is 3.35. The van der Waals surface area contributed by atoms with Gasteiger partial charge in [0.1, 0.15) is 35.1 Å². The molecule has 1 saturated carbocycles. The van der Waals surface area contributed by atoms with Crippen molar-refractivity contribution < 1.29 is 27.8 Å². The number of nitrogens with zero attached hydrogens (tertiary/aromatic N) is 4. The fourth-order valence-electron chi connectivity index (χ4n) is 4.09. The number of imidazole rings is 1. The van der Waals surface area contributed by atoms with Crippen molar-refractivity contribution in [3.63, 3.8) is 0 Å². The van der Waals surface area contributed by atoms with E-state index in [1.807, 2.05) is 19.2 Å². The Morgan fingerprint density at radius 1 is 1.18 bits per heavy atom. The number of carbonyl (C=O) groups is 1. The molecule has 0 unspecified atom stereocenters. The van der Waals surface area contributed by atoms with Crippen LogP contribution >= 0.6 is 0 Å². The number of hydrogen-bond donors (Lipinski definition) is 1. The normalized spacial score (nSPS) is 13.0. The largest absolute Gasteiger partial charge is 0.496 e. The van der Waals surface area contributed by atoms with E-state index in [0.717, 1.165) is 18.5 Å². The lowest BCUT2D eigenvalue weighted by Crippen LogP contribution is -2.26. The van der Waals surface area contributed by atoms with E-state index in [1.165, 1.54) is 13.2 Å². The highest BCUT2D eigenvalue weighted by atomic mass is 19.3. The van der Waals surface area contributed by atoms with Gasteiger partial charge in [0.05, 0.1) is 25.5 Å². The molecular formula is C27H27F2N5O4.